The Morgan fingerprint density at radius 2 is 2.13 bits per heavy atom. The summed E-state index contributed by atoms with van der Waals surface area (Å²) < 4.78 is 28.6. The smallest absolute Gasteiger partial charge is 0.294 e. The highest BCUT2D eigenvalue weighted by molar-refractivity contribution is 7.87. The van der Waals surface area contributed by atoms with Gasteiger partial charge in [-0.15, -0.1) is 4.31 Å². The first-order valence-corrected chi connectivity index (χ1v) is 8.81. The van der Waals surface area contributed by atoms with Crippen LogP contribution in [0.25, 0.3) is 4.85 Å². The van der Waals surface area contributed by atoms with E-state index in [0.29, 0.717) is 5.69 Å². The van der Waals surface area contributed by atoms with Gasteiger partial charge in [0.05, 0.1) is 11.8 Å². The minimum Gasteiger partial charge on any atom is -0.325 e. The Hall–Kier alpha value is -1.95. The third-order valence-corrected chi connectivity index (χ3v) is 6.02. The fraction of sp³-hybridized carbons (Fsp3) is 0.467. The number of hydrogen-bond donors (Lipinski definition) is 2. The molecule has 0 bridgehead atoms. The minimum atomic E-state index is -3.82. The Morgan fingerprint density at radius 1 is 1.43 bits per heavy atom. The molecule has 1 fully saturated rings. The van der Waals surface area contributed by atoms with Crippen molar-refractivity contribution < 1.29 is 13.2 Å². The standard InChI is InChI=1S/C15H18N4O3S/c1-10(2)18-23(21,22)19-9-15(8-13(19)16-3)11-6-4-5-7-12(11)17-14(15)20/h4-7,10,13,18H,8-9H2,1-2H3,(H,17,20)/t13-,15-/m0/s1. The summed E-state index contributed by atoms with van der Waals surface area (Å²) in [5.41, 5.74) is 0.468. The van der Waals surface area contributed by atoms with Crippen LogP contribution in [0.1, 0.15) is 25.8 Å². The lowest BCUT2D eigenvalue weighted by Gasteiger charge is -2.22. The molecule has 1 aromatic rings. The second-order valence-corrected chi connectivity index (χ2v) is 7.87. The zero-order valence-corrected chi connectivity index (χ0v) is 13.7. The van der Waals surface area contributed by atoms with Crippen molar-refractivity contribution in [2.24, 2.45) is 0 Å². The van der Waals surface area contributed by atoms with Gasteiger partial charge >= 0.3 is 0 Å². The van der Waals surface area contributed by atoms with E-state index in [1.807, 2.05) is 18.2 Å². The molecule has 8 heteroatoms. The molecule has 122 valence electrons. The van der Waals surface area contributed by atoms with E-state index in [1.165, 1.54) is 0 Å². The van der Waals surface area contributed by atoms with Gasteiger partial charge in [-0.05, 0) is 25.5 Å². The first-order valence-electron chi connectivity index (χ1n) is 7.37. The van der Waals surface area contributed by atoms with Crippen LogP contribution in [-0.4, -0.2) is 37.4 Å². The summed E-state index contributed by atoms with van der Waals surface area (Å²) in [5.74, 6) is -0.241. The van der Waals surface area contributed by atoms with Crippen LogP contribution >= 0.6 is 0 Å². The maximum absolute atomic E-state index is 12.6. The van der Waals surface area contributed by atoms with Crippen LogP contribution in [0.3, 0.4) is 0 Å². The van der Waals surface area contributed by atoms with E-state index in [4.69, 9.17) is 6.57 Å². The van der Waals surface area contributed by atoms with Gasteiger partial charge in [0.15, 0.2) is 0 Å². The third-order valence-electron chi connectivity index (χ3n) is 4.26. The van der Waals surface area contributed by atoms with Crippen LogP contribution in [0.2, 0.25) is 0 Å². The minimum absolute atomic E-state index is 0.0229. The predicted molar refractivity (Wildman–Crippen MR) is 85.7 cm³/mol. The number of benzene rings is 1. The highest BCUT2D eigenvalue weighted by Crippen LogP contribution is 2.47. The lowest BCUT2D eigenvalue weighted by Crippen LogP contribution is -2.46. The van der Waals surface area contributed by atoms with Crippen LogP contribution in [0, 0.1) is 6.57 Å². The quantitative estimate of drug-likeness (QED) is 0.811. The first-order chi connectivity index (χ1) is 10.8. The largest absolute Gasteiger partial charge is 0.325 e. The van der Waals surface area contributed by atoms with Gasteiger partial charge in [0.2, 0.25) is 5.91 Å². The summed E-state index contributed by atoms with van der Waals surface area (Å²) in [5, 5.41) is 2.80. The van der Waals surface area contributed by atoms with Gasteiger partial charge in [-0.25, -0.2) is 6.57 Å². The molecule has 0 unspecified atom stereocenters. The number of rotatable bonds is 3. The average Bonchev–Trinajstić information content (AvgIpc) is 2.99. The molecule has 1 aromatic carbocycles. The Bertz CT molecular complexity index is 799. The molecule has 23 heavy (non-hydrogen) atoms. The second kappa shape index (κ2) is 5.30. The highest BCUT2D eigenvalue weighted by Gasteiger charge is 2.60. The van der Waals surface area contributed by atoms with E-state index >= 15 is 0 Å². The first kappa shape index (κ1) is 15.9. The van der Waals surface area contributed by atoms with Gasteiger partial charge in [0, 0.05) is 18.3 Å². The van der Waals surface area contributed by atoms with Crippen LogP contribution in [0.4, 0.5) is 5.69 Å². The molecular weight excluding hydrogens is 316 g/mol. The zero-order chi connectivity index (χ0) is 16.8. The summed E-state index contributed by atoms with van der Waals surface area (Å²) >= 11 is 0. The molecule has 2 aliphatic rings. The van der Waals surface area contributed by atoms with Gasteiger partial charge in [0.1, 0.15) is 0 Å². The van der Waals surface area contributed by atoms with Crippen LogP contribution in [0.5, 0.6) is 0 Å². The lowest BCUT2D eigenvalue weighted by molar-refractivity contribution is -0.120. The van der Waals surface area contributed by atoms with E-state index in [1.54, 1.807) is 19.9 Å². The van der Waals surface area contributed by atoms with Crippen LogP contribution in [0.15, 0.2) is 24.3 Å². The highest BCUT2D eigenvalue weighted by atomic mass is 32.2. The molecule has 3 rings (SSSR count). The summed E-state index contributed by atoms with van der Waals surface area (Å²) in [6.07, 6.45) is -0.721. The molecule has 2 N–H and O–H groups in total. The molecular formula is C15H18N4O3S. The molecule has 1 amide bonds. The van der Waals surface area contributed by atoms with Crippen molar-refractivity contribution in [1.82, 2.24) is 9.03 Å². The topological polar surface area (TPSA) is 82.9 Å². The number of para-hydroxylation sites is 1. The molecule has 2 atom stereocenters. The van der Waals surface area contributed by atoms with Gasteiger partial charge in [-0.1, -0.05) is 18.2 Å². The maximum Gasteiger partial charge on any atom is 0.294 e. The third kappa shape index (κ3) is 2.41. The van der Waals surface area contributed by atoms with Crippen molar-refractivity contribution in [3.8, 4) is 0 Å². The molecule has 2 heterocycles. The summed E-state index contributed by atoms with van der Waals surface area (Å²) in [6.45, 7) is 10.8. The molecule has 0 aliphatic carbocycles. The van der Waals surface area contributed by atoms with Crippen molar-refractivity contribution in [1.29, 1.82) is 0 Å². The molecule has 1 saturated heterocycles. The zero-order valence-electron chi connectivity index (χ0n) is 12.9. The number of hydrogen-bond acceptors (Lipinski definition) is 3. The van der Waals surface area contributed by atoms with Gasteiger partial charge in [-0.2, -0.15) is 13.1 Å². The normalized spacial score (nSPS) is 27.2. The van der Waals surface area contributed by atoms with Crippen molar-refractivity contribution in [3.05, 3.63) is 41.2 Å². The van der Waals surface area contributed by atoms with Crippen molar-refractivity contribution in [2.45, 2.75) is 37.9 Å². The van der Waals surface area contributed by atoms with Crippen LogP contribution in [-0.2, 0) is 20.4 Å². The molecule has 2 aliphatic heterocycles. The Morgan fingerprint density at radius 3 is 2.78 bits per heavy atom. The number of nitrogens with zero attached hydrogens (tertiary/aromatic N) is 2. The Balaban J connectivity index is 2.03. The lowest BCUT2D eigenvalue weighted by atomic mass is 9.80. The molecule has 7 nitrogen and oxygen atoms in total. The molecule has 0 saturated carbocycles. The van der Waals surface area contributed by atoms with E-state index < -0.39 is 21.8 Å². The molecule has 1 spiro atoms. The van der Waals surface area contributed by atoms with Crippen molar-refractivity contribution in [3.63, 3.8) is 0 Å². The van der Waals surface area contributed by atoms with E-state index in [-0.39, 0.29) is 24.9 Å². The Kier molecular flexibility index (Phi) is 3.67. The van der Waals surface area contributed by atoms with Crippen molar-refractivity contribution >= 4 is 21.8 Å². The number of amides is 1. The fourth-order valence-electron chi connectivity index (χ4n) is 3.30. The van der Waals surface area contributed by atoms with E-state index in [2.05, 4.69) is 14.9 Å². The van der Waals surface area contributed by atoms with Gasteiger partial charge < -0.3 is 5.32 Å². The monoisotopic (exact) mass is 334 g/mol. The second-order valence-electron chi connectivity index (χ2n) is 6.22. The fourth-order valence-corrected chi connectivity index (χ4v) is 4.87. The number of carbonyl (C=O) groups is 1. The Labute approximate surface area is 135 Å². The van der Waals surface area contributed by atoms with Crippen molar-refractivity contribution in [2.75, 3.05) is 11.9 Å². The van der Waals surface area contributed by atoms with Crippen LogP contribution < -0.4 is 10.0 Å². The van der Waals surface area contributed by atoms with Gasteiger partial charge in [0.25, 0.3) is 16.4 Å². The maximum atomic E-state index is 12.6. The van der Waals surface area contributed by atoms with Gasteiger partial charge in [-0.3, -0.25) is 9.64 Å². The number of anilines is 1. The summed E-state index contributed by atoms with van der Waals surface area (Å²) in [6, 6.07) is 6.96. The SMILES string of the molecule is [C-]#[N+][C@@H]1C[C@@]2(CN1S(=O)(=O)NC(C)C)C(=O)Nc1ccccc12. The molecule has 0 aromatic heterocycles. The van der Waals surface area contributed by atoms with E-state index in [9.17, 15) is 13.2 Å². The number of fused-ring (bicyclic) bond motifs is 2. The summed E-state index contributed by atoms with van der Waals surface area (Å²) in [4.78, 5) is 16.0. The number of nitrogens with one attached hydrogen (secondary N) is 2. The summed E-state index contributed by atoms with van der Waals surface area (Å²) in [7, 11) is -3.82. The average molecular weight is 334 g/mol. The number of carbonyl (C=O) groups excluding carboxylic acids is 1. The molecule has 0 radical (unpaired) electrons. The van der Waals surface area contributed by atoms with E-state index in [0.717, 1.165) is 9.87 Å². The predicted octanol–water partition coefficient (Wildman–Crippen LogP) is 1.07.